The number of hydrogen-bond acceptors (Lipinski definition) is 3. The van der Waals surface area contributed by atoms with Crippen LogP contribution in [0.3, 0.4) is 0 Å². The molecule has 0 heterocycles. The van der Waals surface area contributed by atoms with E-state index in [1.807, 2.05) is 0 Å². The van der Waals surface area contributed by atoms with E-state index in [0.29, 0.717) is 21.5 Å². The van der Waals surface area contributed by atoms with Crippen molar-refractivity contribution < 1.29 is 14.6 Å². The second-order valence-corrected chi connectivity index (χ2v) is 3.89. The summed E-state index contributed by atoms with van der Waals surface area (Å²) in [6.07, 6.45) is 0. The Labute approximate surface area is 109 Å². The summed E-state index contributed by atoms with van der Waals surface area (Å²) >= 11 is 11.8. The van der Waals surface area contributed by atoms with E-state index >= 15 is 0 Å². The molecule has 1 aromatic carbocycles. The van der Waals surface area contributed by atoms with E-state index in [2.05, 4.69) is 10.6 Å². The second kappa shape index (κ2) is 6.54. The molecule has 5 nitrogen and oxygen atoms in total. The number of benzene rings is 1. The van der Waals surface area contributed by atoms with Gasteiger partial charge in [0, 0.05) is 12.2 Å². The standard InChI is InChI=1S/C10H12Cl2N2O3/c1-17-9-7(11)4-6(5-8(9)12)14-10(16)13-2-3-15/h4-5,15H,2-3H2,1H3,(H2,13,14,16). The molecule has 0 spiro atoms. The summed E-state index contributed by atoms with van der Waals surface area (Å²) in [7, 11) is 1.45. The normalized spacial score (nSPS) is 9.88. The number of hydrogen-bond donors (Lipinski definition) is 3. The summed E-state index contributed by atoms with van der Waals surface area (Å²) < 4.78 is 4.98. The number of aliphatic hydroxyl groups excluding tert-OH is 1. The lowest BCUT2D eigenvalue weighted by molar-refractivity contribution is 0.245. The van der Waals surface area contributed by atoms with E-state index in [0.717, 1.165) is 0 Å². The largest absolute Gasteiger partial charge is 0.494 e. The van der Waals surface area contributed by atoms with Crippen LogP contribution in [0.2, 0.25) is 10.0 Å². The van der Waals surface area contributed by atoms with Crippen LogP contribution in [0.4, 0.5) is 10.5 Å². The Morgan fingerprint density at radius 2 is 2.00 bits per heavy atom. The molecule has 17 heavy (non-hydrogen) atoms. The van der Waals surface area contributed by atoms with Gasteiger partial charge in [0.25, 0.3) is 0 Å². The fraction of sp³-hybridized carbons (Fsp3) is 0.300. The number of nitrogens with one attached hydrogen (secondary N) is 2. The minimum atomic E-state index is -0.448. The zero-order chi connectivity index (χ0) is 12.8. The van der Waals surface area contributed by atoms with Crippen molar-refractivity contribution in [3.05, 3.63) is 22.2 Å². The van der Waals surface area contributed by atoms with Crippen molar-refractivity contribution in [3.63, 3.8) is 0 Å². The smallest absolute Gasteiger partial charge is 0.319 e. The average molecular weight is 279 g/mol. The SMILES string of the molecule is COc1c(Cl)cc(NC(=O)NCCO)cc1Cl. The maximum absolute atomic E-state index is 11.3. The molecule has 1 rings (SSSR count). The lowest BCUT2D eigenvalue weighted by atomic mass is 10.3. The van der Waals surface area contributed by atoms with E-state index in [9.17, 15) is 4.79 Å². The Morgan fingerprint density at radius 1 is 1.41 bits per heavy atom. The number of halogens is 2. The van der Waals surface area contributed by atoms with Gasteiger partial charge in [0.1, 0.15) is 0 Å². The number of amides is 2. The molecule has 0 fully saturated rings. The zero-order valence-corrected chi connectivity index (χ0v) is 10.6. The molecule has 0 saturated carbocycles. The summed E-state index contributed by atoms with van der Waals surface area (Å²) in [6.45, 7) is 0.0427. The number of rotatable bonds is 4. The third-order valence-corrected chi connectivity index (χ3v) is 2.42. The molecule has 0 aliphatic heterocycles. The summed E-state index contributed by atoms with van der Waals surface area (Å²) in [5.41, 5.74) is 0.441. The third kappa shape index (κ3) is 3.96. The van der Waals surface area contributed by atoms with Gasteiger partial charge in [0.2, 0.25) is 0 Å². The Kier molecular flexibility index (Phi) is 5.34. The van der Waals surface area contributed by atoms with Gasteiger partial charge in [-0.05, 0) is 12.1 Å². The first kappa shape index (κ1) is 13.9. The minimum absolute atomic E-state index is 0.127. The molecule has 0 saturated heterocycles. The molecule has 7 heteroatoms. The highest BCUT2D eigenvalue weighted by Gasteiger charge is 2.10. The molecule has 0 unspecified atom stereocenters. The van der Waals surface area contributed by atoms with E-state index in [1.54, 1.807) is 0 Å². The zero-order valence-electron chi connectivity index (χ0n) is 9.09. The highest BCUT2D eigenvalue weighted by atomic mass is 35.5. The monoisotopic (exact) mass is 278 g/mol. The fourth-order valence-electron chi connectivity index (χ4n) is 1.17. The van der Waals surface area contributed by atoms with E-state index in [4.69, 9.17) is 33.0 Å². The molecule has 0 aliphatic rings. The van der Waals surface area contributed by atoms with Crippen LogP contribution < -0.4 is 15.4 Å². The maximum atomic E-state index is 11.3. The molecule has 3 N–H and O–H groups in total. The molecular weight excluding hydrogens is 267 g/mol. The van der Waals surface area contributed by atoms with Gasteiger partial charge in [0.15, 0.2) is 5.75 Å². The quantitative estimate of drug-likeness (QED) is 0.790. The predicted octanol–water partition coefficient (Wildman–Crippen LogP) is 2.12. The van der Waals surface area contributed by atoms with Crippen LogP contribution in [0.25, 0.3) is 0 Å². The van der Waals surface area contributed by atoms with Gasteiger partial charge in [-0.25, -0.2) is 4.79 Å². The van der Waals surface area contributed by atoms with Gasteiger partial charge in [0.05, 0.1) is 23.8 Å². The summed E-state index contributed by atoms with van der Waals surface area (Å²) in [5, 5.41) is 14.1. The van der Waals surface area contributed by atoms with Crippen molar-refractivity contribution in [3.8, 4) is 5.75 Å². The first-order chi connectivity index (χ1) is 8.08. The second-order valence-electron chi connectivity index (χ2n) is 3.08. The van der Waals surface area contributed by atoms with Gasteiger partial charge in [-0.2, -0.15) is 0 Å². The van der Waals surface area contributed by atoms with Gasteiger partial charge in [-0.15, -0.1) is 0 Å². The number of carbonyl (C=O) groups excluding carboxylic acids is 1. The molecule has 0 bridgehead atoms. The third-order valence-electron chi connectivity index (χ3n) is 1.86. The fourth-order valence-corrected chi connectivity index (χ4v) is 1.81. The van der Waals surface area contributed by atoms with Crippen LogP contribution in [0.15, 0.2) is 12.1 Å². The lowest BCUT2D eigenvalue weighted by Crippen LogP contribution is -2.30. The van der Waals surface area contributed by atoms with Crippen LogP contribution in [0, 0.1) is 0 Å². The van der Waals surface area contributed by atoms with Crippen LogP contribution >= 0.6 is 23.2 Å². The number of anilines is 1. The van der Waals surface area contributed by atoms with Gasteiger partial charge in [-0.3, -0.25) is 0 Å². The van der Waals surface area contributed by atoms with Crippen molar-refractivity contribution in [2.45, 2.75) is 0 Å². The van der Waals surface area contributed by atoms with E-state index < -0.39 is 6.03 Å². The molecule has 0 radical (unpaired) electrons. The molecule has 2 amide bonds. The molecule has 1 aromatic rings. The maximum Gasteiger partial charge on any atom is 0.319 e. The average Bonchev–Trinajstić information content (AvgIpc) is 2.26. The Morgan fingerprint density at radius 3 is 2.47 bits per heavy atom. The van der Waals surface area contributed by atoms with Crippen molar-refractivity contribution in [2.24, 2.45) is 0 Å². The van der Waals surface area contributed by atoms with Crippen molar-refractivity contribution in [1.29, 1.82) is 0 Å². The van der Waals surface area contributed by atoms with Gasteiger partial charge < -0.3 is 20.5 Å². The Bertz CT molecular complexity index is 390. The summed E-state index contributed by atoms with van der Waals surface area (Å²) in [5.74, 6) is 0.356. The van der Waals surface area contributed by atoms with Gasteiger partial charge >= 0.3 is 6.03 Å². The first-order valence-corrected chi connectivity index (χ1v) is 5.52. The molecule has 94 valence electrons. The molecule has 0 atom stereocenters. The van der Waals surface area contributed by atoms with Crippen molar-refractivity contribution in [1.82, 2.24) is 5.32 Å². The van der Waals surface area contributed by atoms with E-state index in [1.165, 1.54) is 19.2 Å². The van der Waals surface area contributed by atoms with Crippen LogP contribution in [-0.4, -0.2) is 31.4 Å². The van der Waals surface area contributed by atoms with Crippen molar-refractivity contribution in [2.75, 3.05) is 25.6 Å². The summed E-state index contributed by atoms with van der Waals surface area (Å²) in [6, 6.07) is 2.59. The minimum Gasteiger partial charge on any atom is -0.494 e. The lowest BCUT2D eigenvalue weighted by Gasteiger charge is -2.10. The van der Waals surface area contributed by atoms with Crippen LogP contribution in [-0.2, 0) is 0 Å². The van der Waals surface area contributed by atoms with Crippen molar-refractivity contribution >= 4 is 34.9 Å². The van der Waals surface area contributed by atoms with Crippen LogP contribution in [0.1, 0.15) is 0 Å². The Hall–Kier alpha value is -1.17. The number of ether oxygens (including phenoxy) is 1. The summed E-state index contributed by atoms with van der Waals surface area (Å²) in [4.78, 5) is 11.3. The predicted molar refractivity (Wildman–Crippen MR) is 67.1 cm³/mol. The molecule has 0 aromatic heterocycles. The van der Waals surface area contributed by atoms with Gasteiger partial charge in [-0.1, -0.05) is 23.2 Å². The number of aliphatic hydroxyl groups is 1. The number of carbonyl (C=O) groups is 1. The highest BCUT2D eigenvalue weighted by molar-refractivity contribution is 6.37. The topological polar surface area (TPSA) is 70.6 Å². The van der Waals surface area contributed by atoms with E-state index in [-0.39, 0.29) is 13.2 Å². The molecule has 0 aliphatic carbocycles. The highest BCUT2D eigenvalue weighted by Crippen LogP contribution is 2.35. The molecular formula is C10H12Cl2N2O3. The first-order valence-electron chi connectivity index (χ1n) is 4.77. The number of urea groups is 1. The van der Waals surface area contributed by atoms with Crippen LogP contribution in [0.5, 0.6) is 5.75 Å². The number of methoxy groups -OCH3 is 1. The Balaban J connectivity index is 2.76.